The van der Waals surface area contributed by atoms with Gasteiger partial charge in [0.15, 0.2) is 0 Å². The Hall–Kier alpha value is -2.84. The van der Waals surface area contributed by atoms with Crippen LogP contribution >= 0.6 is 0 Å². The summed E-state index contributed by atoms with van der Waals surface area (Å²) in [6, 6.07) is 3.54. The Bertz CT molecular complexity index is 867. The molecule has 1 aliphatic heterocycles. The molecule has 2 aromatic rings. The molecule has 1 aliphatic rings. The summed E-state index contributed by atoms with van der Waals surface area (Å²) in [4.78, 5) is 34.2. The number of piperidine rings is 1. The maximum Gasteiger partial charge on any atom is 0.332 e. The van der Waals surface area contributed by atoms with E-state index < -0.39 is 0 Å². The van der Waals surface area contributed by atoms with Crippen molar-refractivity contribution in [2.45, 2.75) is 18.9 Å². The van der Waals surface area contributed by atoms with Crippen molar-refractivity contribution in [1.29, 1.82) is 0 Å². The fourth-order valence-electron chi connectivity index (χ4n) is 3.02. The number of nitrogens with one attached hydrogen (secondary N) is 1. The summed E-state index contributed by atoms with van der Waals surface area (Å²) in [5.74, 6) is 1.91. The number of hydrogen-bond donors (Lipinski definition) is 1. The second-order valence-corrected chi connectivity index (χ2v) is 6.09. The maximum absolute atomic E-state index is 12.1. The number of hydrogen-bond acceptors (Lipinski definition) is 7. The minimum atomic E-state index is -0.309. The van der Waals surface area contributed by atoms with Crippen molar-refractivity contribution in [1.82, 2.24) is 19.1 Å². The highest BCUT2D eigenvalue weighted by Crippen LogP contribution is 2.20. The van der Waals surface area contributed by atoms with Crippen molar-refractivity contribution in [2.24, 2.45) is 14.1 Å². The lowest BCUT2D eigenvalue weighted by Gasteiger charge is -2.34. The molecular weight excluding hydrogens is 324 g/mol. The van der Waals surface area contributed by atoms with E-state index in [0.29, 0.717) is 11.7 Å². The van der Waals surface area contributed by atoms with E-state index in [4.69, 9.17) is 4.74 Å². The second-order valence-electron chi connectivity index (χ2n) is 6.09. The number of anilines is 2. The molecule has 0 spiro atoms. The topological polar surface area (TPSA) is 94.3 Å². The highest BCUT2D eigenvalue weighted by atomic mass is 16.5. The Morgan fingerprint density at radius 1 is 1.12 bits per heavy atom. The monoisotopic (exact) mass is 346 g/mol. The number of aromatic nitrogens is 4. The van der Waals surface area contributed by atoms with Crippen molar-refractivity contribution in [2.75, 3.05) is 30.4 Å². The van der Waals surface area contributed by atoms with Crippen molar-refractivity contribution in [3.8, 4) is 5.88 Å². The minimum absolute atomic E-state index is 0.263. The van der Waals surface area contributed by atoms with Gasteiger partial charge in [-0.15, -0.1) is 0 Å². The fourth-order valence-corrected chi connectivity index (χ4v) is 3.02. The summed E-state index contributed by atoms with van der Waals surface area (Å²) in [6.45, 7) is 1.50. The zero-order chi connectivity index (χ0) is 18.0. The first-order valence-electron chi connectivity index (χ1n) is 8.14. The quantitative estimate of drug-likeness (QED) is 0.830. The van der Waals surface area contributed by atoms with E-state index in [1.807, 2.05) is 0 Å². The molecule has 134 valence electrons. The normalized spacial score (nSPS) is 15.2. The Morgan fingerprint density at radius 2 is 1.84 bits per heavy atom. The third-order valence-electron chi connectivity index (χ3n) is 4.52. The van der Waals surface area contributed by atoms with Gasteiger partial charge in [0.1, 0.15) is 18.0 Å². The van der Waals surface area contributed by atoms with Crippen molar-refractivity contribution in [3.63, 3.8) is 0 Å². The summed E-state index contributed by atoms with van der Waals surface area (Å²) >= 11 is 0. The molecule has 0 aliphatic carbocycles. The van der Waals surface area contributed by atoms with E-state index in [9.17, 15) is 9.59 Å². The summed E-state index contributed by atoms with van der Waals surface area (Å²) in [5, 5.41) is 3.38. The molecule has 0 bridgehead atoms. The molecule has 3 rings (SSSR count). The van der Waals surface area contributed by atoms with Crippen LogP contribution in [-0.4, -0.2) is 45.3 Å². The van der Waals surface area contributed by atoms with Gasteiger partial charge in [-0.05, 0) is 12.8 Å². The van der Waals surface area contributed by atoms with Crippen molar-refractivity contribution >= 4 is 11.6 Å². The van der Waals surface area contributed by atoms with Gasteiger partial charge in [-0.25, -0.2) is 14.8 Å². The molecular formula is C16H22N6O3. The predicted molar refractivity (Wildman–Crippen MR) is 94.4 cm³/mol. The summed E-state index contributed by atoms with van der Waals surface area (Å²) in [5.41, 5.74) is -0.595. The van der Waals surface area contributed by atoms with Gasteiger partial charge in [0.05, 0.1) is 7.11 Å². The molecule has 0 saturated carbocycles. The first kappa shape index (κ1) is 17.0. The van der Waals surface area contributed by atoms with Crippen LogP contribution in [0.4, 0.5) is 11.6 Å². The lowest BCUT2D eigenvalue weighted by Crippen LogP contribution is -2.44. The third-order valence-corrected chi connectivity index (χ3v) is 4.52. The van der Waals surface area contributed by atoms with E-state index in [2.05, 4.69) is 20.2 Å². The maximum atomic E-state index is 12.1. The van der Waals surface area contributed by atoms with E-state index in [1.165, 1.54) is 24.0 Å². The number of rotatable bonds is 4. The predicted octanol–water partition coefficient (Wildman–Crippen LogP) is -0.0365. The van der Waals surface area contributed by atoms with E-state index in [-0.39, 0.29) is 17.3 Å². The van der Waals surface area contributed by atoms with Gasteiger partial charge in [0, 0.05) is 45.4 Å². The fraction of sp³-hybridized carbons (Fsp3) is 0.500. The SMILES string of the molecule is COc1cc(NC2CCN(c3cc(=O)n(C)c(=O)n3C)CC2)ncn1. The number of nitrogens with zero attached hydrogens (tertiary/aromatic N) is 5. The zero-order valence-corrected chi connectivity index (χ0v) is 14.6. The molecule has 0 amide bonds. The lowest BCUT2D eigenvalue weighted by molar-refractivity contribution is 0.397. The Kier molecular flexibility index (Phi) is 4.73. The van der Waals surface area contributed by atoms with Gasteiger partial charge in [-0.3, -0.25) is 13.9 Å². The first-order chi connectivity index (χ1) is 12.0. The second kappa shape index (κ2) is 6.96. The van der Waals surface area contributed by atoms with Gasteiger partial charge in [0.2, 0.25) is 5.88 Å². The van der Waals surface area contributed by atoms with Crippen LogP contribution in [0.1, 0.15) is 12.8 Å². The van der Waals surface area contributed by atoms with Crippen LogP contribution in [0.15, 0.2) is 28.0 Å². The van der Waals surface area contributed by atoms with Crippen LogP contribution in [0.5, 0.6) is 5.88 Å². The van der Waals surface area contributed by atoms with Gasteiger partial charge in [-0.1, -0.05) is 0 Å². The number of methoxy groups -OCH3 is 1. The summed E-state index contributed by atoms with van der Waals surface area (Å²) in [7, 11) is 4.74. The van der Waals surface area contributed by atoms with Crippen LogP contribution < -0.4 is 26.2 Å². The third kappa shape index (κ3) is 3.49. The molecule has 9 nitrogen and oxygen atoms in total. The molecule has 25 heavy (non-hydrogen) atoms. The van der Waals surface area contributed by atoms with E-state index >= 15 is 0 Å². The highest BCUT2D eigenvalue weighted by Gasteiger charge is 2.22. The average molecular weight is 346 g/mol. The van der Waals surface area contributed by atoms with Gasteiger partial charge in [-0.2, -0.15) is 0 Å². The summed E-state index contributed by atoms with van der Waals surface area (Å²) in [6.07, 6.45) is 3.21. The van der Waals surface area contributed by atoms with Crippen LogP contribution in [-0.2, 0) is 14.1 Å². The molecule has 1 N–H and O–H groups in total. The Balaban J connectivity index is 1.68. The Morgan fingerprint density at radius 3 is 2.52 bits per heavy atom. The van der Waals surface area contributed by atoms with Crippen LogP contribution in [0.2, 0.25) is 0 Å². The van der Waals surface area contributed by atoms with Crippen LogP contribution in [0.3, 0.4) is 0 Å². The smallest absolute Gasteiger partial charge is 0.332 e. The van der Waals surface area contributed by atoms with Crippen LogP contribution in [0.25, 0.3) is 0 Å². The van der Waals surface area contributed by atoms with E-state index in [0.717, 1.165) is 36.3 Å². The standard InChI is InChI=1S/C16H22N6O3/c1-20-14(9-15(23)21(2)16(20)24)22-6-4-11(5-7-22)19-12-8-13(25-3)18-10-17-12/h8-11H,4-7H2,1-3H3,(H,17,18,19). The molecule has 3 heterocycles. The van der Waals surface area contributed by atoms with Crippen molar-refractivity contribution < 1.29 is 4.74 Å². The first-order valence-corrected chi connectivity index (χ1v) is 8.14. The largest absolute Gasteiger partial charge is 0.481 e. The van der Waals surface area contributed by atoms with Gasteiger partial charge < -0.3 is 15.0 Å². The molecule has 0 aromatic carbocycles. The average Bonchev–Trinajstić information content (AvgIpc) is 2.64. The number of ether oxygens (including phenoxy) is 1. The molecule has 0 unspecified atom stereocenters. The van der Waals surface area contributed by atoms with E-state index in [1.54, 1.807) is 20.2 Å². The molecule has 9 heteroatoms. The molecule has 1 saturated heterocycles. The molecule has 1 fully saturated rings. The molecule has 0 atom stereocenters. The summed E-state index contributed by atoms with van der Waals surface area (Å²) < 4.78 is 7.73. The molecule has 2 aromatic heterocycles. The lowest BCUT2D eigenvalue weighted by atomic mass is 10.1. The zero-order valence-electron chi connectivity index (χ0n) is 14.6. The van der Waals surface area contributed by atoms with Gasteiger partial charge in [0.25, 0.3) is 5.56 Å². The van der Waals surface area contributed by atoms with Gasteiger partial charge >= 0.3 is 5.69 Å². The Labute approximate surface area is 144 Å². The van der Waals surface area contributed by atoms with Crippen molar-refractivity contribution in [3.05, 3.63) is 39.3 Å². The molecule has 0 radical (unpaired) electrons. The minimum Gasteiger partial charge on any atom is -0.481 e. The highest BCUT2D eigenvalue weighted by molar-refractivity contribution is 5.41. The van der Waals surface area contributed by atoms with Crippen LogP contribution in [0, 0.1) is 0 Å².